The molecule has 1 aromatic heterocycles. The van der Waals surface area contributed by atoms with E-state index in [2.05, 4.69) is 24.3 Å². The van der Waals surface area contributed by atoms with Crippen LogP contribution < -0.4 is 5.32 Å². The van der Waals surface area contributed by atoms with Crippen LogP contribution in [0.25, 0.3) is 0 Å². The molecule has 2 aromatic rings. The van der Waals surface area contributed by atoms with Crippen molar-refractivity contribution in [1.29, 1.82) is 0 Å². The van der Waals surface area contributed by atoms with E-state index >= 15 is 0 Å². The predicted octanol–water partition coefficient (Wildman–Crippen LogP) is 2.85. The molecule has 0 radical (unpaired) electrons. The van der Waals surface area contributed by atoms with Crippen LogP contribution in [0.15, 0.2) is 30.3 Å². The van der Waals surface area contributed by atoms with Gasteiger partial charge in [-0.05, 0) is 42.5 Å². The Morgan fingerprint density at radius 3 is 2.43 bits per heavy atom. The first-order valence-electron chi connectivity index (χ1n) is 7.80. The molecule has 1 aliphatic rings. The van der Waals surface area contributed by atoms with Crippen molar-refractivity contribution < 1.29 is 9.18 Å². The molecule has 1 fully saturated rings. The fourth-order valence-electron chi connectivity index (χ4n) is 3.52. The van der Waals surface area contributed by atoms with E-state index in [1.54, 1.807) is 16.8 Å². The highest BCUT2D eigenvalue weighted by Gasteiger charge is 2.66. The second kappa shape index (κ2) is 5.18. The van der Waals surface area contributed by atoms with E-state index in [9.17, 15) is 9.18 Å². The van der Waals surface area contributed by atoms with Gasteiger partial charge in [-0.1, -0.05) is 26.0 Å². The van der Waals surface area contributed by atoms with E-state index in [0.29, 0.717) is 6.54 Å². The summed E-state index contributed by atoms with van der Waals surface area (Å²) in [6.07, 6.45) is 0.766. The number of nitrogens with zero attached hydrogens (tertiary/aromatic N) is 2. The number of aryl methyl sites for hydroxylation is 2. The minimum atomic E-state index is -0.575. The lowest BCUT2D eigenvalue weighted by Gasteiger charge is -2.20. The predicted molar refractivity (Wildman–Crippen MR) is 86.3 cm³/mol. The zero-order valence-electron chi connectivity index (χ0n) is 14.0. The average Bonchev–Trinajstić information content (AvgIpc) is 2.92. The smallest absolute Gasteiger partial charge is 0.231 e. The lowest BCUT2D eigenvalue weighted by Crippen LogP contribution is -2.37. The zero-order chi connectivity index (χ0) is 16.8. The summed E-state index contributed by atoms with van der Waals surface area (Å²) in [6, 6.07) is 8.24. The first-order valence-corrected chi connectivity index (χ1v) is 7.80. The van der Waals surface area contributed by atoms with Gasteiger partial charge in [0.1, 0.15) is 5.82 Å². The number of aromatic nitrogens is 2. The van der Waals surface area contributed by atoms with E-state index in [0.717, 1.165) is 23.4 Å². The number of carbonyl (C=O) groups is 1. The summed E-state index contributed by atoms with van der Waals surface area (Å²) >= 11 is 0. The summed E-state index contributed by atoms with van der Waals surface area (Å²) in [5.41, 5.74) is 2.06. The number of hydrogen-bond donors (Lipinski definition) is 1. The lowest BCUT2D eigenvalue weighted by atomic mass is 9.87. The van der Waals surface area contributed by atoms with Gasteiger partial charge < -0.3 is 5.32 Å². The zero-order valence-corrected chi connectivity index (χ0v) is 14.0. The van der Waals surface area contributed by atoms with Crippen LogP contribution in [0.5, 0.6) is 0 Å². The van der Waals surface area contributed by atoms with Crippen LogP contribution in [0.4, 0.5) is 4.39 Å². The summed E-state index contributed by atoms with van der Waals surface area (Å²) in [5, 5.41) is 7.32. The van der Waals surface area contributed by atoms with E-state index in [4.69, 9.17) is 0 Å². The number of carbonyl (C=O) groups excluding carboxylic acids is 1. The van der Waals surface area contributed by atoms with Crippen LogP contribution in [-0.4, -0.2) is 15.7 Å². The second-order valence-corrected chi connectivity index (χ2v) is 7.06. The Bertz CT molecular complexity index is 748. The molecule has 122 valence electrons. The molecule has 1 atom stereocenters. The van der Waals surface area contributed by atoms with Crippen LogP contribution in [0.2, 0.25) is 0 Å². The quantitative estimate of drug-likeness (QED) is 0.943. The highest BCUT2D eigenvalue weighted by Crippen LogP contribution is 2.64. The maximum Gasteiger partial charge on any atom is 0.231 e. The van der Waals surface area contributed by atoms with Crippen molar-refractivity contribution in [3.05, 3.63) is 53.1 Å². The largest absolute Gasteiger partial charge is 0.350 e. The van der Waals surface area contributed by atoms with E-state index in [1.165, 1.54) is 12.1 Å². The number of amides is 1. The van der Waals surface area contributed by atoms with Crippen LogP contribution in [0.3, 0.4) is 0 Å². The topological polar surface area (TPSA) is 46.9 Å². The standard InChI is InChI=1S/C18H22FN3O/c1-12-9-15(22(4)21-12)10-20-16(23)18(11-17(18,2)3)13-5-7-14(19)8-6-13/h5-9H,10-11H2,1-4H3,(H,20,23). The molecule has 1 heterocycles. The molecule has 3 rings (SSSR count). The van der Waals surface area contributed by atoms with Gasteiger partial charge in [0.25, 0.3) is 0 Å². The van der Waals surface area contributed by atoms with Crippen molar-refractivity contribution in [3.8, 4) is 0 Å². The molecular formula is C18H22FN3O. The lowest BCUT2D eigenvalue weighted by molar-refractivity contribution is -0.124. The van der Waals surface area contributed by atoms with Gasteiger partial charge in [-0.25, -0.2) is 4.39 Å². The monoisotopic (exact) mass is 315 g/mol. The Balaban J connectivity index is 1.81. The third kappa shape index (κ3) is 2.54. The van der Waals surface area contributed by atoms with Crippen LogP contribution in [0, 0.1) is 18.2 Å². The van der Waals surface area contributed by atoms with Gasteiger partial charge in [0, 0.05) is 7.05 Å². The van der Waals surface area contributed by atoms with E-state index in [1.807, 2.05) is 20.0 Å². The second-order valence-electron chi connectivity index (χ2n) is 7.06. The maximum atomic E-state index is 13.2. The Morgan fingerprint density at radius 2 is 1.96 bits per heavy atom. The molecule has 1 amide bonds. The summed E-state index contributed by atoms with van der Waals surface area (Å²) in [6.45, 7) is 6.51. The fourth-order valence-corrected chi connectivity index (χ4v) is 3.52. The van der Waals surface area contributed by atoms with Crippen molar-refractivity contribution in [2.75, 3.05) is 0 Å². The molecule has 5 heteroatoms. The highest BCUT2D eigenvalue weighted by molar-refractivity contribution is 5.93. The number of rotatable bonds is 4. The maximum absolute atomic E-state index is 13.2. The van der Waals surface area contributed by atoms with Gasteiger partial charge in [0.15, 0.2) is 0 Å². The summed E-state index contributed by atoms with van der Waals surface area (Å²) in [7, 11) is 1.87. The minimum Gasteiger partial charge on any atom is -0.350 e. The van der Waals surface area contributed by atoms with Gasteiger partial charge in [-0.3, -0.25) is 9.48 Å². The third-order valence-electron chi connectivity index (χ3n) is 4.99. The van der Waals surface area contributed by atoms with Crippen LogP contribution in [-0.2, 0) is 23.8 Å². The van der Waals surface area contributed by atoms with Gasteiger partial charge in [-0.2, -0.15) is 5.10 Å². The molecule has 4 nitrogen and oxygen atoms in total. The van der Waals surface area contributed by atoms with Gasteiger partial charge >= 0.3 is 0 Å². The normalized spacial score (nSPS) is 22.0. The molecule has 0 aliphatic heterocycles. The highest BCUT2D eigenvalue weighted by atomic mass is 19.1. The molecule has 0 saturated heterocycles. The number of benzene rings is 1. The Morgan fingerprint density at radius 1 is 1.35 bits per heavy atom. The van der Waals surface area contributed by atoms with Gasteiger partial charge in [0.05, 0.1) is 23.3 Å². The summed E-state index contributed by atoms with van der Waals surface area (Å²) in [4.78, 5) is 12.9. The van der Waals surface area contributed by atoms with Crippen molar-refractivity contribution in [2.24, 2.45) is 12.5 Å². The molecule has 0 bridgehead atoms. The third-order valence-corrected chi connectivity index (χ3v) is 4.99. The van der Waals surface area contributed by atoms with Gasteiger partial charge in [-0.15, -0.1) is 0 Å². The van der Waals surface area contributed by atoms with E-state index in [-0.39, 0.29) is 17.1 Å². The fraction of sp³-hybridized carbons (Fsp3) is 0.444. The molecule has 1 aliphatic carbocycles. The molecule has 23 heavy (non-hydrogen) atoms. The Kier molecular flexibility index (Phi) is 3.54. The first kappa shape index (κ1) is 15.7. The number of hydrogen-bond acceptors (Lipinski definition) is 2. The van der Waals surface area contributed by atoms with Crippen molar-refractivity contribution in [2.45, 2.75) is 39.2 Å². The van der Waals surface area contributed by atoms with E-state index < -0.39 is 5.41 Å². The Hall–Kier alpha value is -2.17. The first-order chi connectivity index (χ1) is 10.8. The molecular weight excluding hydrogens is 293 g/mol. The molecule has 1 aromatic carbocycles. The van der Waals surface area contributed by atoms with Crippen molar-refractivity contribution in [1.82, 2.24) is 15.1 Å². The number of nitrogens with one attached hydrogen (secondary N) is 1. The minimum absolute atomic E-state index is 0.00652. The summed E-state index contributed by atoms with van der Waals surface area (Å²) in [5.74, 6) is -0.291. The molecule has 1 unspecified atom stereocenters. The van der Waals surface area contributed by atoms with Crippen molar-refractivity contribution >= 4 is 5.91 Å². The molecule has 1 saturated carbocycles. The van der Waals surface area contributed by atoms with Crippen LogP contribution in [0.1, 0.15) is 37.2 Å². The molecule has 0 spiro atoms. The number of halogens is 1. The van der Waals surface area contributed by atoms with Gasteiger partial charge in [0.2, 0.25) is 5.91 Å². The van der Waals surface area contributed by atoms with Crippen LogP contribution >= 0.6 is 0 Å². The molecule has 1 N–H and O–H groups in total. The average molecular weight is 315 g/mol. The van der Waals surface area contributed by atoms with Crippen molar-refractivity contribution in [3.63, 3.8) is 0 Å². The summed E-state index contributed by atoms with van der Waals surface area (Å²) < 4.78 is 15.0. The SMILES string of the molecule is Cc1cc(CNC(=O)C2(c3ccc(F)cc3)CC2(C)C)n(C)n1. The Labute approximate surface area is 135 Å².